The molecule has 1 N–H and O–H groups in total. The molecule has 0 bridgehead atoms. The summed E-state index contributed by atoms with van der Waals surface area (Å²) in [6.07, 6.45) is 2.75. The summed E-state index contributed by atoms with van der Waals surface area (Å²) in [5.74, 6) is -0.157. The van der Waals surface area contributed by atoms with E-state index in [1.54, 1.807) is 19.1 Å². The zero-order chi connectivity index (χ0) is 20.7. The maximum absolute atomic E-state index is 13.0. The highest BCUT2D eigenvalue weighted by Crippen LogP contribution is 2.42. The number of ether oxygens (including phenoxy) is 1. The molecule has 0 saturated heterocycles. The van der Waals surface area contributed by atoms with Crippen LogP contribution in [0.25, 0.3) is 10.1 Å². The highest BCUT2D eigenvalue weighted by Gasteiger charge is 2.30. The highest BCUT2D eigenvalue weighted by molar-refractivity contribution is 7.22. The van der Waals surface area contributed by atoms with Crippen molar-refractivity contribution in [1.82, 2.24) is 0 Å². The van der Waals surface area contributed by atoms with Crippen molar-refractivity contribution in [1.29, 1.82) is 0 Å². The third kappa shape index (κ3) is 3.91. The second kappa shape index (κ2) is 8.26. The Balaban J connectivity index is 1.71. The van der Waals surface area contributed by atoms with E-state index in [4.69, 9.17) is 27.9 Å². The first-order valence-electron chi connectivity index (χ1n) is 9.39. The van der Waals surface area contributed by atoms with Crippen LogP contribution in [0.4, 0.5) is 5.00 Å². The molecule has 0 unspecified atom stereocenters. The number of nitrogens with one attached hydrogen (secondary N) is 1. The average molecular weight is 468 g/mol. The quantitative estimate of drug-likeness (QED) is 0.428. The molecule has 0 saturated carbocycles. The van der Waals surface area contributed by atoms with Gasteiger partial charge >= 0.3 is 5.97 Å². The van der Waals surface area contributed by atoms with Crippen LogP contribution < -0.4 is 5.32 Å². The molecule has 2 heterocycles. The fourth-order valence-corrected chi connectivity index (χ4v) is 6.69. The Labute approximate surface area is 186 Å². The Kier molecular flexibility index (Phi) is 5.89. The predicted octanol–water partition coefficient (Wildman–Crippen LogP) is 6.82. The van der Waals surface area contributed by atoms with Gasteiger partial charge in [-0.1, -0.05) is 36.2 Å². The minimum atomic E-state index is -0.385. The van der Waals surface area contributed by atoms with E-state index in [2.05, 4.69) is 12.2 Å². The van der Waals surface area contributed by atoms with Crippen molar-refractivity contribution in [3.63, 3.8) is 0 Å². The Hall–Kier alpha value is -1.60. The topological polar surface area (TPSA) is 55.4 Å². The molecule has 1 aromatic carbocycles. The van der Waals surface area contributed by atoms with E-state index in [0.717, 1.165) is 39.8 Å². The molecule has 0 radical (unpaired) electrons. The first-order chi connectivity index (χ1) is 13.9. The van der Waals surface area contributed by atoms with Crippen molar-refractivity contribution in [2.75, 3.05) is 11.9 Å². The van der Waals surface area contributed by atoms with Crippen molar-refractivity contribution in [2.24, 2.45) is 5.92 Å². The maximum atomic E-state index is 13.0. The summed E-state index contributed by atoms with van der Waals surface area (Å²) in [4.78, 5) is 27.2. The number of fused-ring (bicyclic) bond motifs is 2. The van der Waals surface area contributed by atoms with E-state index in [1.807, 2.05) is 6.07 Å². The summed E-state index contributed by atoms with van der Waals surface area (Å²) < 4.78 is 6.12. The van der Waals surface area contributed by atoms with Gasteiger partial charge < -0.3 is 10.1 Å². The van der Waals surface area contributed by atoms with E-state index in [0.29, 0.717) is 31.4 Å². The number of anilines is 1. The number of carbonyl (C=O) groups excluding carboxylic acids is 2. The third-order valence-corrected chi connectivity index (χ3v) is 8.08. The van der Waals surface area contributed by atoms with Gasteiger partial charge in [-0.05, 0) is 49.8 Å². The molecule has 4 nitrogen and oxygen atoms in total. The summed E-state index contributed by atoms with van der Waals surface area (Å²) in [6.45, 7) is 4.27. The Morgan fingerprint density at radius 1 is 1.28 bits per heavy atom. The van der Waals surface area contributed by atoms with Crippen molar-refractivity contribution in [2.45, 2.75) is 33.1 Å². The molecule has 1 aliphatic carbocycles. The van der Waals surface area contributed by atoms with E-state index in [9.17, 15) is 9.59 Å². The standard InChI is InChI=1S/C21H19Cl2NO3S2/c1-3-27-21(26)16-12-6-4-10(2)8-14(12)29-20(16)24-19(25)18-17(23)13-7-5-11(22)9-15(13)28-18/h5,7,9-10H,3-4,6,8H2,1-2H3,(H,24,25)/t10-/m1/s1. The first kappa shape index (κ1) is 20.7. The molecule has 152 valence electrons. The Bertz CT molecular complexity index is 1120. The predicted molar refractivity (Wildman–Crippen MR) is 121 cm³/mol. The van der Waals surface area contributed by atoms with Crippen molar-refractivity contribution in [3.8, 4) is 0 Å². The lowest BCUT2D eigenvalue weighted by molar-refractivity contribution is 0.0526. The summed E-state index contributed by atoms with van der Waals surface area (Å²) in [6, 6.07) is 5.35. The van der Waals surface area contributed by atoms with Crippen LogP contribution in [0.1, 0.15) is 50.7 Å². The molecule has 2 aromatic heterocycles. The highest BCUT2D eigenvalue weighted by atomic mass is 35.5. The number of amides is 1. The lowest BCUT2D eigenvalue weighted by atomic mass is 9.88. The van der Waals surface area contributed by atoms with Crippen LogP contribution in [0.5, 0.6) is 0 Å². The third-order valence-electron chi connectivity index (χ3n) is 5.02. The molecule has 0 fully saturated rings. The summed E-state index contributed by atoms with van der Waals surface area (Å²) in [5.41, 5.74) is 1.50. The van der Waals surface area contributed by atoms with E-state index in [1.165, 1.54) is 22.7 Å². The lowest BCUT2D eigenvalue weighted by Crippen LogP contribution is -2.16. The van der Waals surface area contributed by atoms with Crippen LogP contribution in [0, 0.1) is 5.92 Å². The molecule has 8 heteroatoms. The molecule has 0 spiro atoms. The van der Waals surface area contributed by atoms with Crippen molar-refractivity contribution >= 4 is 72.8 Å². The van der Waals surface area contributed by atoms with Gasteiger partial charge in [0.25, 0.3) is 5.91 Å². The number of benzene rings is 1. The molecule has 4 rings (SSSR count). The lowest BCUT2D eigenvalue weighted by Gasteiger charge is -2.18. The molecule has 1 atom stereocenters. The van der Waals surface area contributed by atoms with Crippen LogP contribution in [-0.4, -0.2) is 18.5 Å². The Morgan fingerprint density at radius 3 is 2.83 bits per heavy atom. The minimum Gasteiger partial charge on any atom is -0.462 e. The van der Waals surface area contributed by atoms with Crippen LogP contribution in [0.15, 0.2) is 18.2 Å². The number of halogens is 2. The number of thiophene rings is 2. The van der Waals surface area contributed by atoms with Gasteiger partial charge in [-0.3, -0.25) is 4.79 Å². The fraction of sp³-hybridized carbons (Fsp3) is 0.333. The molecular formula is C21H19Cl2NO3S2. The zero-order valence-electron chi connectivity index (χ0n) is 15.9. The number of esters is 1. The fourth-order valence-electron chi connectivity index (χ4n) is 3.60. The summed E-state index contributed by atoms with van der Waals surface area (Å²) in [7, 11) is 0. The van der Waals surface area contributed by atoms with E-state index >= 15 is 0 Å². The number of hydrogen-bond acceptors (Lipinski definition) is 5. The van der Waals surface area contributed by atoms with Crippen LogP contribution in [0.3, 0.4) is 0 Å². The molecule has 0 aliphatic heterocycles. The number of carbonyl (C=O) groups is 2. The molecule has 1 aliphatic rings. The van der Waals surface area contributed by atoms with E-state index in [-0.39, 0.29) is 18.5 Å². The van der Waals surface area contributed by atoms with Gasteiger partial charge in [-0.15, -0.1) is 22.7 Å². The number of hydrogen-bond donors (Lipinski definition) is 1. The summed E-state index contributed by atoms with van der Waals surface area (Å²) >= 11 is 15.3. The molecule has 29 heavy (non-hydrogen) atoms. The van der Waals surface area contributed by atoms with Crippen molar-refractivity contribution in [3.05, 3.63) is 49.1 Å². The van der Waals surface area contributed by atoms with Gasteiger partial charge in [0.05, 0.1) is 17.2 Å². The Morgan fingerprint density at radius 2 is 2.07 bits per heavy atom. The molecular weight excluding hydrogens is 449 g/mol. The van der Waals surface area contributed by atoms with Crippen molar-refractivity contribution < 1.29 is 14.3 Å². The van der Waals surface area contributed by atoms with Gasteiger partial charge in [-0.2, -0.15) is 0 Å². The zero-order valence-corrected chi connectivity index (χ0v) is 19.1. The van der Waals surface area contributed by atoms with Gasteiger partial charge in [-0.25, -0.2) is 4.79 Å². The van der Waals surface area contributed by atoms with Crippen LogP contribution in [-0.2, 0) is 17.6 Å². The SMILES string of the molecule is CCOC(=O)c1c(NC(=O)c2sc3cc(Cl)ccc3c2Cl)sc2c1CC[C@@H](C)C2. The monoisotopic (exact) mass is 467 g/mol. The number of rotatable bonds is 4. The minimum absolute atomic E-state index is 0.288. The second-order valence-corrected chi connectivity index (χ2v) is 10.1. The summed E-state index contributed by atoms with van der Waals surface area (Å²) in [5, 5.41) is 5.24. The van der Waals surface area contributed by atoms with Gasteiger partial charge in [0.2, 0.25) is 0 Å². The maximum Gasteiger partial charge on any atom is 0.341 e. The van der Waals surface area contributed by atoms with E-state index < -0.39 is 0 Å². The van der Waals surface area contributed by atoms with Gasteiger partial charge in [0.1, 0.15) is 9.88 Å². The average Bonchev–Trinajstić information content (AvgIpc) is 3.18. The largest absolute Gasteiger partial charge is 0.462 e. The van der Waals surface area contributed by atoms with Gasteiger partial charge in [0, 0.05) is 20.0 Å². The smallest absolute Gasteiger partial charge is 0.341 e. The van der Waals surface area contributed by atoms with Crippen LogP contribution >= 0.6 is 45.9 Å². The second-order valence-electron chi connectivity index (χ2n) is 7.12. The van der Waals surface area contributed by atoms with Gasteiger partial charge in [0.15, 0.2) is 0 Å². The molecule has 3 aromatic rings. The molecule has 1 amide bonds. The van der Waals surface area contributed by atoms with Crippen LogP contribution in [0.2, 0.25) is 10.0 Å². The normalized spacial score (nSPS) is 15.9. The first-order valence-corrected chi connectivity index (χ1v) is 11.8.